The summed E-state index contributed by atoms with van der Waals surface area (Å²) in [5, 5.41) is 0. The molecule has 0 amide bonds. The van der Waals surface area contributed by atoms with Gasteiger partial charge in [-0.2, -0.15) is 0 Å². The molecule has 4 aromatic heterocycles. The Labute approximate surface area is 823 Å². The molecule has 142 heavy (non-hydrogen) atoms. The van der Waals surface area contributed by atoms with Gasteiger partial charge < -0.3 is 0 Å². The third-order valence-electron chi connectivity index (χ3n) is 29.9. The Balaban J connectivity index is 0.000000142. The fourth-order valence-electron chi connectivity index (χ4n) is 23.1. The van der Waals surface area contributed by atoms with Crippen LogP contribution in [0.15, 0.2) is 437 Å². The highest BCUT2D eigenvalue weighted by molar-refractivity contribution is 5.90. The predicted octanol–water partition coefficient (Wildman–Crippen LogP) is 30.0. The van der Waals surface area contributed by atoms with E-state index in [-0.39, 0.29) is 34.5 Å². The van der Waals surface area contributed by atoms with Crippen LogP contribution in [0.3, 0.4) is 0 Å². The highest BCUT2D eigenvalue weighted by atomic mass is 15.1. The van der Waals surface area contributed by atoms with E-state index in [2.05, 4.69) is 355 Å². The molecule has 0 saturated carbocycles. The van der Waals surface area contributed by atoms with Crippen LogP contribution in [0.2, 0.25) is 0 Å². The molecule has 22 aromatic rings. The first-order valence-corrected chi connectivity index (χ1v) is 48.7. The van der Waals surface area contributed by atoms with Gasteiger partial charge in [0.1, 0.15) is 0 Å². The first-order chi connectivity index (χ1) is 69.9. The number of nitrogens with zero attached hydrogens (tertiary/aromatic N) is 12. The first-order valence-electron chi connectivity index (χ1n) is 48.7. The molecule has 12 nitrogen and oxygen atoms in total. The summed E-state index contributed by atoms with van der Waals surface area (Å²) in [6.45, 7) is 9.32. The molecule has 0 radical (unpaired) electrons. The van der Waals surface area contributed by atoms with E-state index < -0.39 is 0 Å². The summed E-state index contributed by atoms with van der Waals surface area (Å²) in [7, 11) is 0. The molecule has 30 rings (SSSR count). The monoisotopic (exact) mass is 1820 g/mol. The molecule has 12 heteroatoms. The van der Waals surface area contributed by atoms with Gasteiger partial charge in [0.2, 0.25) is 0 Å². The summed E-state index contributed by atoms with van der Waals surface area (Å²) < 4.78 is 0. The van der Waals surface area contributed by atoms with E-state index >= 15 is 0 Å². The Morgan fingerprint density at radius 2 is 0.331 bits per heavy atom. The molecule has 4 bridgehead atoms. The van der Waals surface area contributed by atoms with Crippen LogP contribution in [0, 0.1) is 0 Å². The summed E-state index contributed by atoms with van der Waals surface area (Å²) in [5.41, 5.74) is 41.9. The Morgan fingerprint density at radius 3 is 0.648 bits per heavy atom. The van der Waals surface area contributed by atoms with Crippen LogP contribution in [0.5, 0.6) is 0 Å². The standard InChI is InChI=1S/2C65H44N6/c1-65(2)55-29-17-16-25-46(55)47-33-30-42(38-56(47)65)45-24-12-15-28-52(45)64-70-61(41-22-10-5-11-23-41)69-63(71-64)44-32-35-51-54(37-44)58-49-27-14-13-26-48(49)57(51)53-36-43(31-34-50(53)58)62-67-59(39-18-6-3-7-19-39)66-60(68-62)40-20-8-4-9-21-40;1-65(2)55-28-15-14-25-47(55)48-32-29-43(38-56(48)65)42-23-16-24-44(35-42)62-67-61(41-21-10-5-11-22-41)70-64(71-62)46-31-34-52-54(37-46)58-50-27-13-12-26-49(50)57(52)53-36-45(30-33-51(53)58)63-68-59(39-17-6-3-7-18-39)66-60(69-63)40-19-8-4-9-20-40/h2*3-38,57-58H,1-2H3. The average molecular weight is 1820 g/mol. The Kier molecular flexibility index (Phi) is 19.6. The first kappa shape index (κ1) is 83.4. The average Bonchev–Trinajstić information content (AvgIpc) is 1.52. The van der Waals surface area contributed by atoms with Gasteiger partial charge in [-0.1, -0.05) is 422 Å². The normalized spacial score (nSPS) is 15.3. The highest BCUT2D eigenvalue weighted by Gasteiger charge is 2.45. The zero-order valence-corrected chi connectivity index (χ0v) is 78.2. The van der Waals surface area contributed by atoms with Gasteiger partial charge in [0.15, 0.2) is 69.9 Å². The van der Waals surface area contributed by atoms with Crippen molar-refractivity contribution in [3.63, 3.8) is 0 Å². The second-order valence-electron chi connectivity index (χ2n) is 38.8. The third-order valence-corrected chi connectivity index (χ3v) is 29.9. The van der Waals surface area contributed by atoms with Gasteiger partial charge in [0.25, 0.3) is 0 Å². The van der Waals surface area contributed by atoms with Gasteiger partial charge in [0.05, 0.1) is 0 Å². The van der Waals surface area contributed by atoms with E-state index in [1.807, 2.05) is 109 Å². The zero-order valence-electron chi connectivity index (χ0n) is 78.2. The van der Waals surface area contributed by atoms with E-state index in [1.165, 1.54) is 117 Å². The van der Waals surface area contributed by atoms with Crippen LogP contribution in [-0.2, 0) is 10.8 Å². The Bertz CT molecular complexity index is 8750. The van der Waals surface area contributed by atoms with Crippen molar-refractivity contribution in [1.82, 2.24) is 59.8 Å². The van der Waals surface area contributed by atoms with Gasteiger partial charge >= 0.3 is 0 Å². The van der Waals surface area contributed by atoms with Gasteiger partial charge in [-0.15, -0.1) is 0 Å². The third kappa shape index (κ3) is 14.0. The molecule has 4 atom stereocenters. The van der Waals surface area contributed by atoms with Gasteiger partial charge in [0, 0.05) is 101 Å². The van der Waals surface area contributed by atoms with Crippen molar-refractivity contribution in [2.45, 2.75) is 62.2 Å². The quantitative estimate of drug-likeness (QED) is 0.102. The van der Waals surface area contributed by atoms with E-state index in [1.54, 1.807) is 0 Å². The van der Waals surface area contributed by atoms with Crippen molar-refractivity contribution in [2.75, 3.05) is 0 Å². The van der Waals surface area contributed by atoms with E-state index in [9.17, 15) is 0 Å². The maximum atomic E-state index is 5.38. The van der Waals surface area contributed by atoms with Crippen LogP contribution in [0.25, 0.3) is 181 Å². The molecule has 0 spiro atoms. The van der Waals surface area contributed by atoms with E-state index in [0.29, 0.717) is 69.9 Å². The van der Waals surface area contributed by atoms with Crippen molar-refractivity contribution in [3.8, 4) is 181 Å². The lowest BCUT2D eigenvalue weighted by atomic mass is 9.61. The molecule has 668 valence electrons. The zero-order chi connectivity index (χ0) is 94.4. The van der Waals surface area contributed by atoms with Crippen LogP contribution in [0.4, 0.5) is 0 Å². The minimum atomic E-state index is -0.125. The minimum Gasteiger partial charge on any atom is -0.208 e. The number of aromatic nitrogens is 12. The lowest BCUT2D eigenvalue weighted by Crippen LogP contribution is -2.27. The summed E-state index contributed by atoms with van der Waals surface area (Å²) in [4.78, 5) is 61.9. The van der Waals surface area contributed by atoms with Crippen molar-refractivity contribution in [2.24, 2.45) is 0 Å². The lowest BCUT2D eigenvalue weighted by molar-refractivity contribution is 0.660. The molecule has 0 N–H and O–H groups in total. The topological polar surface area (TPSA) is 155 Å². The Hall–Kier alpha value is -18.0. The molecule has 4 heterocycles. The number of hydrogen-bond donors (Lipinski definition) is 0. The highest BCUT2D eigenvalue weighted by Crippen LogP contribution is 2.60. The molecule has 0 saturated heterocycles. The van der Waals surface area contributed by atoms with E-state index in [4.69, 9.17) is 59.8 Å². The van der Waals surface area contributed by atoms with Crippen LogP contribution in [0.1, 0.15) is 140 Å². The maximum absolute atomic E-state index is 5.38. The van der Waals surface area contributed by atoms with Crippen molar-refractivity contribution in [3.05, 3.63) is 526 Å². The second kappa shape index (κ2) is 33.4. The van der Waals surface area contributed by atoms with Crippen molar-refractivity contribution in [1.29, 1.82) is 0 Å². The maximum Gasteiger partial charge on any atom is 0.164 e. The lowest BCUT2D eigenvalue weighted by Gasteiger charge is -2.42. The van der Waals surface area contributed by atoms with Gasteiger partial charge in [-0.25, -0.2) is 59.8 Å². The minimum absolute atomic E-state index is 0.0131. The van der Waals surface area contributed by atoms with Crippen LogP contribution in [-0.4, -0.2) is 59.8 Å². The molecule has 8 aliphatic rings. The molecule has 8 aliphatic carbocycles. The Morgan fingerprint density at radius 1 is 0.127 bits per heavy atom. The van der Waals surface area contributed by atoms with Crippen molar-refractivity contribution >= 4 is 0 Å². The summed E-state index contributed by atoms with van der Waals surface area (Å²) in [5.74, 6) is 7.80. The number of rotatable bonds is 14. The second-order valence-corrected chi connectivity index (χ2v) is 38.8. The molecule has 0 fully saturated rings. The predicted molar refractivity (Wildman–Crippen MR) is 567 cm³/mol. The number of fused-ring (bicyclic) bond motifs is 6. The summed E-state index contributed by atoms with van der Waals surface area (Å²) in [6.07, 6.45) is 0. The smallest absolute Gasteiger partial charge is 0.164 e. The largest absolute Gasteiger partial charge is 0.208 e. The van der Waals surface area contributed by atoms with Crippen molar-refractivity contribution < 1.29 is 0 Å². The van der Waals surface area contributed by atoms with Crippen LogP contribution < -0.4 is 0 Å². The summed E-state index contributed by atoms with van der Waals surface area (Å²) in [6, 6.07) is 155. The fraction of sp³-hybridized carbons (Fsp3) is 0.0769. The molecular weight excluding hydrogens is 1730 g/mol. The molecule has 0 aliphatic heterocycles. The molecule has 4 unspecified atom stereocenters. The van der Waals surface area contributed by atoms with Gasteiger partial charge in [-0.3, -0.25) is 0 Å². The van der Waals surface area contributed by atoms with Crippen LogP contribution >= 0.6 is 0 Å². The number of benzene rings is 18. The number of hydrogen-bond acceptors (Lipinski definition) is 12. The summed E-state index contributed by atoms with van der Waals surface area (Å²) >= 11 is 0. The molecular formula is C130H88N12. The van der Waals surface area contributed by atoms with Gasteiger partial charge in [-0.05, 0) is 176 Å². The SMILES string of the molecule is CC1(C)c2ccccc2-c2ccc(-c3cccc(-c4nc(-c5ccccc5)nc(-c5ccc6c(c5)C5c7ccccc7C6c6cc(-c7nc(-c8ccccc8)nc(-c8ccccc8)n7)ccc65)n4)c3)cc21.CC1(C)c2ccccc2-c2ccc(-c3ccccc3-c3nc(-c4ccccc4)nc(-c4ccc5c(c4)C4c6ccccc6C5c5cc(-c6nc(-c7ccccc7)nc(-c7ccccc7)n6)ccc54)n3)cc21. The molecule has 18 aromatic carbocycles. The van der Waals surface area contributed by atoms with E-state index in [0.717, 1.165) is 83.5 Å². The fourth-order valence-corrected chi connectivity index (χ4v) is 23.1.